The minimum Gasteiger partial charge on any atom is -0.334 e. The Kier molecular flexibility index (Phi) is 5.33. The van der Waals surface area contributed by atoms with Gasteiger partial charge in [0.1, 0.15) is 16.5 Å². The largest absolute Gasteiger partial charge is 0.449 e. The number of nitrogens with one attached hydrogen (secondary N) is 1. The minimum atomic E-state index is -4.83. The van der Waals surface area contributed by atoms with Crippen LogP contribution in [-0.2, 0) is 16.0 Å². The standard InChI is InChI=1S/C18H12BrF5N2O2S/c1-8-3-4-9(5-11(8)19)14-15(26-17(25-14)18(22,23)24)10-6-12(20)16(13(21)7-10)29(2,27)28/h3-7H,1-2H3,(H,25,26). The maximum absolute atomic E-state index is 14.3. The molecule has 3 aromatic rings. The Balaban J connectivity index is 2.29. The number of imidazole rings is 1. The summed E-state index contributed by atoms with van der Waals surface area (Å²) in [5, 5.41) is 0. The van der Waals surface area contributed by atoms with E-state index in [0.29, 0.717) is 22.9 Å². The molecule has 0 radical (unpaired) electrons. The van der Waals surface area contributed by atoms with Gasteiger partial charge in [-0.1, -0.05) is 28.1 Å². The molecule has 0 spiro atoms. The Morgan fingerprint density at radius 2 is 1.62 bits per heavy atom. The second-order valence-corrected chi connectivity index (χ2v) is 9.12. The fourth-order valence-corrected chi connectivity index (χ4v) is 3.93. The summed E-state index contributed by atoms with van der Waals surface area (Å²) in [4.78, 5) is 4.46. The highest BCUT2D eigenvalue weighted by Crippen LogP contribution is 2.38. The highest BCUT2D eigenvalue weighted by atomic mass is 79.9. The van der Waals surface area contributed by atoms with Gasteiger partial charge >= 0.3 is 6.18 Å². The third-order valence-electron chi connectivity index (χ3n) is 4.08. The molecule has 154 valence electrons. The Morgan fingerprint density at radius 1 is 1.03 bits per heavy atom. The number of H-pyrrole nitrogens is 1. The molecule has 11 heteroatoms. The van der Waals surface area contributed by atoms with Gasteiger partial charge in [-0.05, 0) is 30.7 Å². The SMILES string of the molecule is Cc1ccc(-c2[nH]c(C(F)(F)F)nc2-c2cc(F)c(S(C)(=O)=O)c(F)c2)cc1Br. The predicted molar refractivity (Wildman–Crippen MR) is 99.9 cm³/mol. The van der Waals surface area contributed by atoms with Crippen LogP contribution < -0.4 is 0 Å². The van der Waals surface area contributed by atoms with E-state index >= 15 is 0 Å². The summed E-state index contributed by atoms with van der Waals surface area (Å²) in [6, 6.07) is 5.98. The van der Waals surface area contributed by atoms with Crippen molar-refractivity contribution >= 4 is 25.8 Å². The van der Waals surface area contributed by atoms with Crippen molar-refractivity contribution in [2.45, 2.75) is 18.0 Å². The molecule has 1 N–H and O–H groups in total. The lowest BCUT2D eigenvalue weighted by molar-refractivity contribution is -0.144. The fourth-order valence-electron chi connectivity index (χ4n) is 2.72. The number of benzene rings is 2. The first kappa shape index (κ1) is 21.4. The summed E-state index contributed by atoms with van der Waals surface area (Å²) in [5.74, 6) is -4.20. The first-order chi connectivity index (χ1) is 13.3. The molecule has 29 heavy (non-hydrogen) atoms. The molecule has 0 saturated carbocycles. The van der Waals surface area contributed by atoms with Crippen molar-refractivity contribution in [2.75, 3.05) is 6.26 Å². The Bertz CT molecular complexity index is 1200. The number of nitrogens with zero attached hydrogens (tertiary/aromatic N) is 1. The first-order valence-corrected chi connectivity index (χ1v) is 10.6. The van der Waals surface area contributed by atoms with E-state index in [1.165, 1.54) is 12.1 Å². The minimum absolute atomic E-state index is 0.121. The van der Waals surface area contributed by atoms with Crippen LogP contribution in [0.1, 0.15) is 11.4 Å². The van der Waals surface area contributed by atoms with Crippen molar-refractivity contribution < 1.29 is 30.4 Å². The quantitative estimate of drug-likeness (QED) is 0.488. The summed E-state index contributed by atoms with van der Waals surface area (Å²) in [7, 11) is -4.22. The van der Waals surface area contributed by atoms with Gasteiger partial charge in [-0.15, -0.1) is 0 Å². The van der Waals surface area contributed by atoms with E-state index < -0.39 is 38.4 Å². The molecule has 0 saturated heterocycles. The molecule has 0 fully saturated rings. The predicted octanol–water partition coefficient (Wildman–Crippen LogP) is 5.52. The summed E-state index contributed by atoms with van der Waals surface area (Å²) >= 11 is 3.28. The Morgan fingerprint density at radius 3 is 2.10 bits per heavy atom. The van der Waals surface area contributed by atoms with Gasteiger partial charge in [-0.3, -0.25) is 0 Å². The average molecular weight is 495 g/mol. The molecule has 1 aromatic heterocycles. The van der Waals surface area contributed by atoms with Gasteiger partial charge in [0.25, 0.3) is 0 Å². The van der Waals surface area contributed by atoms with Crippen LogP contribution in [0.3, 0.4) is 0 Å². The number of hydrogen-bond acceptors (Lipinski definition) is 3. The van der Waals surface area contributed by atoms with Gasteiger partial charge in [-0.2, -0.15) is 13.2 Å². The summed E-state index contributed by atoms with van der Waals surface area (Å²) in [6.07, 6.45) is -4.21. The first-order valence-electron chi connectivity index (χ1n) is 7.92. The van der Waals surface area contributed by atoms with Gasteiger partial charge in [0, 0.05) is 21.9 Å². The van der Waals surface area contributed by atoms with E-state index in [2.05, 4.69) is 25.9 Å². The van der Waals surface area contributed by atoms with Crippen LogP contribution in [0.5, 0.6) is 0 Å². The van der Waals surface area contributed by atoms with Crippen molar-refractivity contribution in [2.24, 2.45) is 0 Å². The molecule has 0 amide bonds. The topological polar surface area (TPSA) is 62.8 Å². The molecule has 0 bridgehead atoms. The molecular weight excluding hydrogens is 483 g/mol. The van der Waals surface area contributed by atoms with Crippen LogP contribution in [-0.4, -0.2) is 24.6 Å². The van der Waals surface area contributed by atoms with Crippen molar-refractivity contribution in [1.29, 1.82) is 0 Å². The zero-order valence-electron chi connectivity index (χ0n) is 14.8. The summed E-state index contributed by atoms with van der Waals surface area (Å²) in [6.45, 7) is 1.78. The number of halogens is 6. The maximum Gasteiger partial charge on any atom is 0.449 e. The smallest absolute Gasteiger partial charge is 0.334 e. The second-order valence-electron chi connectivity index (χ2n) is 6.31. The Hall–Kier alpha value is -2.27. The summed E-state index contributed by atoms with van der Waals surface area (Å²) < 4.78 is 91.9. The van der Waals surface area contributed by atoms with E-state index in [1.54, 1.807) is 13.0 Å². The number of sulfone groups is 1. The number of aromatic amines is 1. The van der Waals surface area contributed by atoms with Gasteiger partial charge in [0.15, 0.2) is 9.84 Å². The molecule has 0 unspecified atom stereocenters. The number of aryl methyl sites for hydroxylation is 1. The molecular formula is C18H12BrF5N2O2S. The van der Waals surface area contributed by atoms with Crippen LogP contribution in [0.4, 0.5) is 22.0 Å². The van der Waals surface area contributed by atoms with Crippen LogP contribution >= 0.6 is 15.9 Å². The van der Waals surface area contributed by atoms with Crippen molar-refractivity contribution in [3.05, 3.63) is 57.8 Å². The molecule has 0 aliphatic rings. The van der Waals surface area contributed by atoms with Crippen molar-refractivity contribution in [3.8, 4) is 22.5 Å². The van der Waals surface area contributed by atoms with Gasteiger partial charge < -0.3 is 4.98 Å². The normalized spacial score (nSPS) is 12.4. The average Bonchev–Trinajstić information content (AvgIpc) is 3.01. The molecule has 4 nitrogen and oxygen atoms in total. The third kappa shape index (κ3) is 4.20. The van der Waals surface area contributed by atoms with Gasteiger partial charge in [0.05, 0.1) is 11.4 Å². The second kappa shape index (κ2) is 7.21. The zero-order chi connectivity index (χ0) is 21.7. The zero-order valence-corrected chi connectivity index (χ0v) is 17.2. The van der Waals surface area contributed by atoms with E-state index in [0.717, 1.165) is 5.56 Å². The van der Waals surface area contributed by atoms with E-state index in [1.807, 2.05) is 0 Å². The van der Waals surface area contributed by atoms with Crippen molar-refractivity contribution in [3.63, 3.8) is 0 Å². The van der Waals surface area contributed by atoms with E-state index in [4.69, 9.17) is 0 Å². The van der Waals surface area contributed by atoms with E-state index in [-0.39, 0.29) is 22.5 Å². The van der Waals surface area contributed by atoms with Crippen LogP contribution in [0, 0.1) is 18.6 Å². The van der Waals surface area contributed by atoms with Crippen LogP contribution in [0.25, 0.3) is 22.5 Å². The van der Waals surface area contributed by atoms with E-state index in [9.17, 15) is 30.4 Å². The lowest BCUT2D eigenvalue weighted by Crippen LogP contribution is -2.07. The highest BCUT2D eigenvalue weighted by molar-refractivity contribution is 9.10. The Labute approximate surface area is 170 Å². The molecule has 1 heterocycles. The number of alkyl halides is 3. The van der Waals surface area contributed by atoms with Gasteiger partial charge in [0.2, 0.25) is 5.82 Å². The monoisotopic (exact) mass is 494 g/mol. The van der Waals surface area contributed by atoms with Gasteiger partial charge in [-0.25, -0.2) is 22.2 Å². The molecule has 2 aromatic carbocycles. The summed E-state index contributed by atoms with van der Waals surface area (Å²) in [5.41, 5.74) is 0.273. The van der Waals surface area contributed by atoms with Crippen molar-refractivity contribution in [1.82, 2.24) is 9.97 Å². The number of hydrogen-bond donors (Lipinski definition) is 1. The fraction of sp³-hybridized carbons (Fsp3) is 0.167. The molecule has 0 aliphatic carbocycles. The number of aromatic nitrogens is 2. The van der Waals surface area contributed by atoms with Crippen LogP contribution in [0.15, 0.2) is 39.7 Å². The lowest BCUT2D eigenvalue weighted by atomic mass is 10.0. The lowest BCUT2D eigenvalue weighted by Gasteiger charge is -2.08. The molecule has 0 atom stereocenters. The highest BCUT2D eigenvalue weighted by Gasteiger charge is 2.36. The molecule has 3 rings (SSSR count). The third-order valence-corrected chi connectivity index (χ3v) is 6.06. The van der Waals surface area contributed by atoms with Crippen LogP contribution in [0.2, 0.25) is 0 Å². The number of rotatable bonds is 3. The molecule has 0 aliphatic heterocycles. The maximum atomic E-state index is 14.3.